The number of nitrogens with zero attached hydrogens (tertiary/aromatic N) is 6. The van der Waals surface area contributed by atoms with Crippen LogP contribution in [0.5, 0.6) is 0 Å². The van der Waals surface area contributed by atoms with Crippen molar-refractivity contribution >= 4 is 22.1 Å². The molecule has 0 atom stereocenters. The van der Waals surface area contributed by atoms with Gasteiger partial charge in [0.2, 0.25) is 5.13 Å². The topological polar surface area (TPSA) is 66.6 Å². The van der Waals surface area contributed by atoms with E-state index in [0.717, 1.165) is 34.8 Å². The molecule has 2 aliphatic rings. The molecule has 7 nitrogen and oxygen atoms in total. The molecule has 2 aliphatic heterocycles. The Morgan fingerprint density at radius 2 is 1.82 bits per heavy atom. The summed E-state index contributed by atoms with van der Waals surface area (Å²) in [5, 5.41) is 10.6. The maximum atomic E-state index is 12.1. The minimum absolute atomic E-state index is 0.0867. The van der Waals surface area contributed by atoms with Crippen LogP contribution in [0, 0.1) is 0 Å². The highest BCUT2D eigenvalue weighted by molar-refractivity contribution is 7.18. The normalized spacial score (nSPS) is 19.4. The SMILES string of the molecule is O=c1ccnc2c(-c3nnc(N4CCC(N5CCCCC5)CC4)s3)cccn12. The van der Waals surface area contributed by atoms with Gasteiger partial charge in [-0.2, -0.15) is 0 Å². The van der Waals surface area contributed by atoms with E-state index in [9.17, 15) is 4.79 Å². The lowest BCUT2D eigenvalue weighted by molar-refractivity contribution is 0.141. The molecular weight excluding hydrogens is 372 g/mol. The van der Waals surface area contributed by atoms with Crippen molar-refractivity contribution in [1.29, 1.82) is 0 Å². The number of pyridine rings is 1. The van der Waals surface area contributed by atoms with Gasteiger partial charge in [0.15, 0.2) is 5.01 Å². The molecule has 5 heterocycles. The average molecular weight is 397 g/mol. The van der Waals surface area contributed by atoms with Gasteiger partial charge in [0.05, 0.1) is 5.56 Å². The highest BCUT2D eigenvalue weighted by Gasteiger charge is 2.27. The molecule has 146 valence electrons. The van der Waals surface area contributed by atoms with E-state index in [1.54, 1.807) is 28.1 Å². The van der Waals surface area contributed by atoms with Crippen LogP contribution in [-0.4, -0.2) is 56.7 Å². The first-order valence-corrected chi connectivity index (χ1v) is 10.9. The van der Waals surface area contributed by atoms with Crippen LogP contribution < -0.4 is 10.5 Å². The van der Waals surface area contributed by atoms with Gasteiger partial charge in [0.1, 0.15) is 5.65 Å². The molecule has 0 aromatic carbocycles. The maximum Gasteiger partial charge on any atom is 0.257 e. The van der Waals surface area contributed by atoms with E-state index in [1.165, 1.54) is 51.3 Å². The second kappa shape index (κ2) is 7.60. The van der Waals surface area contributed by atoms with E-state index in [0.29, 0.717) is 5.65 Å². The van der Waals surface area contributed by atoms with Crippen LogP contribution >= 0.6 is 11.3 Å². The fraction of sp³-hybridized carbons (Fsp3) is 0.500. The summed E-state index contributed by atoms with van der Waals surface area (Å²) in [6, 6.07) is 6.00. The number of aromatic nitrogens is 4. The Bertz CT molecular complexity index is 1020. The summed E-state index contributed by atoms with van der Waals surface area (Å²) in [7, 11) is 0. The predicted octanol–water partition coefficient (Wildman–Crippen LogP) is 2.67. The third-order valence-electron chi connectivity index (χ3n) is 5.91. The zero-order valence-corrected chi connectivity index (χ0v) is 16.6. The second-order valence-corrected chi connectivity index (χ2v) is 8.56. The maximum absolute atomic E-state index is 12.1. The Labute approximate surface area is 167 Å². The van der Waals surface area contributed by atoms with Crippen LogP contribution in [0.4, 0.5) is 5.13 Å². The number of likely N-dealkylation sites (tertiary alicyclic amines) is 1. The molecule has 28 heavy (non-hydrogen) atoms. The number of rotatable bonds is 3. The van der Waals surface area contributed by atoms with Crippen molar-refractivity contribution in [1.82, 2.24) is 24.5 Å². The largest absolute Gasteiger partial charge is 0.347 e. The van der Waals surface area contributed by atoms with Gasteiger partial charge in [-0.05, 0) is 50.9 Å². The predicted molar refractivity (Wildman–Crippen MR) is 111 cm³/mol. The molecule has 2 fully saturated rings. The highest BCUT2D eigenvalue weighted by Crippen LogP contribution is 2.32. The van der Waals surface area contributed by atoms with Gasteiger partial charge in [-0.1, -0.05) is 17.8 Å². The summed E-state index contributed by atoms with van der Waals surface area (Å²) in [5.41, 5.74) is 1.39. The summed E-state index contributed by atoms with van der Waals surface area (Å²) in [4.78, 5) is 21.5. The van der Waals surface area contributed by atoms with Crippen LogP contribution in [0.3, 0.4) is 0 Å². The van der Waals surface area contributed by atoms with Crippen LogP contribution in [0.15, 0.2) is 35.4 Å². The van der Waals surface area contributed by atoms with Gasteiger partial charge in [0, 0.05) is 37.6 Å². The molecule has 8 heteroatoms. The monoisotopic (exact) mass is 396 g/mol. The fourth-order valence-electron chi connectivity index (χ4n) is 4.39. The van der Waals surface area contributed by atoms with E-state index < -0.39 is 0 Å². The molecule has 0 spiro atoms. The highest BCUT2D eigenvalue weighted by atomic mass is 32.1. The Kier molecular flexibility index (Phi) is 4.82. The summed E-state index contributed by atoms with van der Waals surface area (Å²) in [5.74, 6) is 0. The Balaban J connectivity index is 1.34. The number of piperidine rings is 2. The van der Waals surface area contributed by atoms with Gasteiger partial charge in [-0.15, -0.1) is 10.2 Å². The summed E-state index contributed by atoms with van der Waals surface area (Å²) in [6.45, 7) is 4.59. The summed E-state index contributed by atoms with van der Waals surface area (Å²) in [6.07, 6.45) is 9.76. The van der Waals surface area contributed by atoms with Gasteiger partial charge in [-0.25, -0.2) is 4.98 Å². The Morgan fingerprint density at radius 3 is 2.64 bits per heavy atom. The third kappa shape index (κ3) is 3.31. The Hall–Kier alpha value is -2.32. The van der Waals surface area contributed by atoms with E-state index in [1.807, 2.05) is 12.1 Å². The molecule has 0 radical (unpaired) electrons. The zero-order chi connectivity index (χ0) is 18.9. The van der Waals surface area contributed by atoms with E-state index in [2.05, 4.69) is 25.0 Å². The van der Waals surface area contributed by atoms with Crippen LogP contribution in [-0.2, 0) is 0 Å². The summed E-state index contributed by atoms with van der Waals surface area (Å²) < 4.78 is 1.56. The standard InChI is InChI=1S/C20H24N6OS/c27-17-6-9-21-18-16(5-4-12-26(17)18)19-22-23-20(28-19)25-13-7-15(8-14-25)24-10-2-1-3-11-24/h4-6,9,12,15H,1-3,7-8,10-11,13-14H2. The van der Waals surface area contributed by atoms with Gasteiger partial charge >= 0.3 is 0 Å². The quantitative estimate of drug-likeness (QED) is 0.678. The van der Waals surface area contributed by atoms with Crippen molar-refractivity contribution < 1.29 is 0 Å². The lowest BCUT2D eigenvalue weighted by Crippen LogP contribution is -2.46. The van der Waals surface area contributed by atoms with Crippen LogP contribution in [0.2, 0.25) is 0 Å². The Morgan fingerprint density at radius 1 is 1.00 bits per heavy atom. The number of hydrogen-bond acceptors (Lipinski definition) is 7. The third-order valence-corrected chi connectivity index (χ3v) is 6.92. The van der Waals surface area contributed by atoms with Gasteiger partial charge in [0.25, 0.3) is 5.56 Å². The molecule has 0 aliphatic carbocycles. The number of hydrogen-bond donors (Lipinski definition) is 0. The van der Waals surface area contributed by atoms with Gasteiger partial charge < -0.3 is 9.80 Å². The number of fused-ring (bicyclic) bond motifs is 1. The second-order valence-electron chi connectivity index (χ2n) is 7.60. The van der Waals surface area contributed by atoms with Crippen molar-refractivity contribution in [3.05, 3.63) is 40.9 Å². The van der Waals surface area contributed by atoms with Crippen LogP contribution in [0.1, 0.15) is 32.1 Å². The smallest absolute Gasteiger partial charge is 0.257 e. The van der Waals surface area contributed by atoms with Crippen molar-refractivity contribution in [2.24, 2.45) is 0 Å². The summed E-state index contributed by atoms with van der Waals surface area (Å²) >= 11 is 1.58. The van der Waals surface area contributed by atoms with Crippen LogP contribution in [0.25, 0.3) is 16.2 Å². The first-order valence-electron chi connectivity index (χ1n) is 10.1. The lowest BCUT2D eigenvalue weighted by atomic mass is 10.0. The minimum atomic E-state index is -0.0867. The molecule has 0 saturated carbocycles. The molecular formula is C20H24N6OS. The molecule has 3 aromatic rings. The molecule has 0 unspecified atom stereocenters. The van der Waals surface area contributed by atoms with Crippen molar-refractivity contribution in [3.8, 4) is 10.6 Å². The average Bonchev–Trinajstić information content (AvgIpc) is 3.25. The molecule has 3 aromatic heterocycles. The number of anilines is 1. The van der Waals surface area contributed by atoms with E-state index in [4.69, 9.17) is 0 Å². The molecule has 0 amide bonds. The molecule has 5 rings (SSSR count). The molecule has 2 saturated heterocycles. The van der Waals surface area contributed by atoms with Crippen molar-refractivity contribution in [3.63, 3.8) is 0 Å². The lowest BCUT2D eigenvalue weighted by Gasteiger charge is -2.40. The van der Waals surface area contributed by atoms with Gasteiger partial charge in [-0.3, -0.25) is 9.20 Å². The fourth-order valence-corrected chi connectivity index (χ4v) is 5.30. The first kappa shape index (κ1) is 17.8. The van der Waals surface area contributed by atoms with Crippen molar-refractivity contribution in [2.45, 2.75) is 38.1 Å². The zero-order valence-electron chi connectivity index (χ0n) is 15.8. The van der Waals surface area contributed by atoms with Crippen molar-refractivity contribution in [2.75, 3.05) is 31.1 Å². The van der Waals surface area contributed by atoms with E-state index in [-0.39, 0.29) is 5.56 Å². The molecule has 0 bridgehead atoms. The first-order chi connectivity index (χ1) is 13.8. The minimum Gasteiger partial charge on any atom is -0.347 e. The van der Waals surface area contributed by atoms with E-state index >= 15 is 0 Å². The molecule has 0 N–H and O–H groups in total.